The average Bonchev–Trinajstić information content (AvgIpc) is 2.29. The molecular weight excluding hydrogens is 238 g/mol. The summed E-state index contributed by atoms with van der Waals surface area (Å²) in [6.07, 6.45) is 0.883. The Bertz CT molecular complexity index is 469. The highest BCUT2D eigenvalue weighted by Crippen LogP contribution is 2.26. The molecule has 0 amide bonds. The van der Waals surface area contributed by atoms with Crippen molar-refractivity contribution in [2.75, 3.05) is 17.1 Å². The Balaban J connectivity index is 2.97. The second-order valence-corrected chi connectivity index (χ2v) is 5.86. The van der Waals surface area contributed by atoms with Crippen LogP contribution in [0.4, 0.5) is 5.69 Å². The molecule has 0 saturated heterocycles. The second-order valence-electron chi connectivity index (χ2n) is 3.85. The van der Waals surface area contributed by atoms with Gasteiger partial charge in [0.1, 0.15) is 5.75 Å². The lowest BCUT2D eigenvalue weighted by molar-refractivity contribution is 0.319. The maximum absolute atomic E-state index is 11.5. The summed E-state index contributed by atoms with van der Waals surface area (Å²) in [5.41, 5.74) is 1.54. The van der Waals surface area contributed by atoms with Crippen LogP contribution < -0.4 is 9.46 Å². The first-order chi connectivity index (χ1) is 7.98. The number of aryl methyl sites for hydroxylation is 1. The smallest absolute Gasteiger partial charge is 0.232 e. The predicted octanol–water partition coefficient (Wildman–Crippen LogP) is 2.55. The van der Waals surface area contributed by atoms with Gasteiger partial charge in [-0.05, 0) is 38.0 Å². The van der Waals surface area contributed by atoms with Crippen molar-refractivity contribution >= 4 is 15.7 Å². The quantitative estimate of drug-likeness (QED) is 0.852. The van der Waals surface area contributed by atoms with Gasteiger partial charge >= 0.3 is 0 Å². The lowest BCUT2D eigenvalue weighted by Gasteiger charge is -2.13. The Morgan fingerprint density at radius 3 is 2.59 bits per heavy atom. The van der Waals surface area contributed by atoms with Gasteiger partial charge < -0.3 is 4.74 Å². The maximum Gasteiger partial charge on any atom is 0.232 e. The van der Waals surface area contributed by atoms with E-state index in [9.17, 15) is 8.42 Å². The first-order valence-corrected chi connectivity index (χ1v) is 7.37. The first-order valence-electron chi connectivity index (χ1n) is 5.72. The Kier molecular flexibility index (Phi) is 4.81. The van der Waals surface area contributed by atoms with E-state index in [0.29, 0.717) is 18.0 Å². The molecule has 0 fully saturated rings. The van der Waals surface area contributed by atoms with Crippen molar-refractivity contribution < 1.29 is 13.2 Å². The van der Waals surface area contributed by atoms with E-state index in [1.54, 1.807) is 13.0 Å². The van der Waals surface area contributed by atoms with Crippen molar-refractivity contribution in [1.82, 2.24) is 0 Å². The first kappa shape index (κ1) is 13.8. The van der Waals surface area contributed by atoms with E-state index in [0.717, 1.165) is 12.0 Å². The van der Waals surface area contributed by atoms with Gasteiger partial charge in [0.2, 0.25) is 10.0 Å². The van der Waals surface area contributed by atoms with E-state index in [2.05, 4.69) is 4.72 Å². The summed E-state index contributed by atoms with van der Waals surface area (Å²) in [4.78, 5) is 0. The largest absolute Gasteiger partial charge is 0.491 e. The predicted molar refractivity (Wildman–Crippen MR) is 70.0 cm³/mol. The van der Waals surface area contributed by atoms with Crippen molar-refractivity contribution in [3.05, 3.63) is 23.8 Å². The van der Waals surface area contributed by atoms with Crippen LogP contribution in [0.2, 0.25) is 0 Å². The Hall–Kier alpha value is -1.23. The van der Waals surface area contributed by atoms with Crippen LogP contribution in [0.5, 0.6) is 5.75 Å². The molecule has 1 N–H and O–H groups in total. The molecule has 17 heavy (non-hydrogen) atoms. The topological polar surface area (TPSA) is 55.4 Å². The monoisotopic (exact) mass is 257 g/mol. The number of sulfonamides is 1. The molecule has 96 valence electrons. The summed E-state index contributed by atoms with van der Waals surface area (Å²) >= 11 is 0. The van der Waals surface area contributed by atoms with Gasteiger partial charge in [0.05, 0.1) is 18.0 Å². The van der Waals surface area contributed by atoms with Crippen LogP contribution in [0, 0.1) is 6.92 Å². The van der Waals surface area contributed by atoms with Crippen molar-refractivity contribution in [2.45, 2.75) is 27.2 Å². The normalized spacial score (nSPS) is 11.2. The highest BCUT2D eigenvalue weighted by atomic mass is 32.2. The van der Waals surface area contributed by atoms with E-state index in [4.69, 9.17) is 4.74 Å². The molecule has 0 aliphatic rings. The van der Waals surface area contributed by atoms with Crippen LogP contribution in [-0.2, 0) is 10.0 Å². The summed E-state index contributed by atoms with van der Waals surface area (Å²) < 4.78 is 31.1. The average molecular weight is 257 g/mol. The van der Waals surface area contributed by atoms with Crippen LogP contribution in [0.15, 0.2) is 18.2 Å². The van der Waals surface area contributed by atoms with E-state index in [1.165, 1.54) is 0 Å². The molecule has 4 nitrogen and oxygen atoms in total. The van der Waals surface area contributed by atoms with Crippen LogP contribution in [-0.4, -0.2) is 20.8 Å². The Morgan fingerprint density at radius 2 is 2.00 bits per heavy atom. The molecule has 5 heteroatoms. The molecular formula is C12H19NO3S. The van der Waals surface area contributed by atoms with E-state index in [1.807, 2.05) is 26.0 Å². The molecule has 0 aliphatic heterocycles. The third-order valence-electron chi connectivity index (χ3n) is 2.24. The van der Waals surface area contributed by atoms with E-state index < -0.39 is 10.0 Å². The van der Waals surface area contributed by atoms with Gasteiger partial charge in [-0.2, -0.15) is 0 Å². The van der Waals surface area contributed by atoms with Gasteiger partial charge in [0.25, 0.3) is 0 Å². The number of hydrogen-bond donors (Lipinski definition) is 1. The summed E-state index contributed by atoms with van der Waals surface area (Å²) in [7, 11) is -3.26. The molecule has 0 radical (unpaired) electrons. The Morgan fingerprint density at radius 1 is 1.29 bits per heavy atom. The minimum Gasteiger partial charge on any atom is -0.491 e. The van der Waals surface area contributed by atoms with Crippen molar-refractivity contribution in [3.63, 3.8) is 0 Å². The molecule has 0 atom stereocenters. The molecule has 0 unspecified atom stereocenters. The van der Waals surface area contributed by atoms with Gasteiger partial charge in [-0.25, -0.2) is 8.42 Å². The van der Waals surface area contributed by atoms with Crippen LogP contribution >= 0.6 is 0 Å². The lowest BCUT2D eigenvalue weighted by Crippen LogP contribution is -2.15. The zero-order valence-corrected chi connectivity index (χ0v) is 11.3. The number of rotatable bonds is 6. The number of anilines is 1. The fourth-order valence-electron chi connectivity index (χ4n) is 1.29. The zero-order chi connectivity index (χ0) is 12.9. The van der Waals surface area contributed by atoms with Crippen LogP contribution in [0.1, 0.15) is 25.8 Å². The molecule has 1 aromatic carbocycles. The standard InChI is InChI=1S/C12H19NO3S/c1-4-8-16-12-9-10(3)6-7-11(12)13-17(14,15)5-2/h6-7,9,13H,4-5,8H2,1-3H3. The third kappa shape index (κ3) is 4.26. The fourth-order valence-corrected chi connectivity index (χ4v) is 1.93. The van der Waals surface area contributed by atoms with Gasteiger partial charge in [0.15, 0.2) is 0 Å². The third-order valence-corrected chi connectivity index (χ3v) is 3.54. The molecule has 0 heterocycles. The number of nitrogens with one attached hydrogen (secondary N) is 1. The van der Waals surface area contributed by atoms with Crippen molar-refractivity contribution in [3.8, 4) is 5.75 Å². The molecule has 0 saturated carbocycles. The van der Waals surface area contributed by atoms with Crippen LogP contribution in [0.25, 0.3) is 0 Å². The minimum absolute atomic E-state index is 0.0497. The van der Waals surface area contributed by atoms with Crippen molar-refractivity contribution in [2.24, 2.45) is 0 Å². The fraction of sp³-hybridized carbons (Fsp3) is 0.500. The summed E-state index contributed by atoms with van der Waals surface area (Å²) in [6.45, 7) is 6.12. The Labute approximate surface area is 103 Å². The van der Waals surface area contributed by atoms with E-state index >= 15 is 0 Å². The van der Waals surface area contributed by atoms with Crippen LogP contribution in [0.3, 0.4) is 0 Å². The SMILES string of the molecule is CCCOc1cc(C)ccc1NS(=O)(=O)CC. The number of benzene rings is 1. The van der Waals surface area contributed by atoms with Gasteiger partial charge in [-0.15, -0.1) is 0 Å². The van der Waals surface area contributed by atoms with Gasteiger partial charge in [0, 0.05) is 0 Å². The summed E-state index contributed by atoms with van der Waals surface area (Å²) in [5, 5.41) is 0. The molecule has 0 bridgehead atoms. The van der Waals surface area contributed by atoms with Crippen molar-refractivity contribution in [1.29, 1.82) is 0 Å². The molecule has 1 rings (SSSR count). The zero-order valence-electron chi connectivity index (χ0n) is 10.5. The highest BCUT2D eigenvalue weighted by Gasteiger charge is 2.11. The number of ether oxygens (including phenoxy) is 1. The molecule has 0 spiro atoms. The minimum atomic E-state index is -3.26. The van der Waals surface area contributed by atoms with Gasteiger partial charge in [-0.3, -0.25) is 4.72 Å². The molecule has 1 aromatic rings. The molecule has 0 aromatic heterocycles. The lowest BCUT2D eigenvalue weighted by atomic mass is 10.2. The second kappa shape index (κ2) is 5.91. The number of hydrogen-bond acceptors (Lipinski definition) is 3. The maximum atomic E-state index is 11.5. The summed E-state index contributed by atoms with van der Waals surface area (Å²) in [5.74, 6) is 0.637. The molecule has 0 aliphatic carbocycles. The summed E-state index contributed by atoms with van der Waals surface area (Å²) in [6, 6.07) is 5.42. The van der Waals surface area contributed by atoms with Gasteiger partial charge in [-0.1, -0.05) is 13.0 Å². The van der Waals surface area contributed by atoms with E-state index in [-0.39, 0.29) is 5.75 Å². The highest BCUT2D eigenvalue weighted by molar-refractivity contribution is 7.92.